The third-order valence-electron chi connectivity index (χ3n) is 6.13. The van der Waals surface area contributed by atoms with Crippen LogP contribution < -0.4 is 4.74 Å². The molecule has 0 radical (unpaired) electrons. The number of benzene rings is 2. The molecular formula is C25H21ClN6O4. The number of imidazole rings is 1. The average molecular weight is 505 g/mol. The van der Waals surface area contributed by atoms with Crippen molar-refractivity contribution in [2.24, 2.45) is 0 Å². The molecule has 1 saturated heterocycles. The first-order chi connectivity index (χ1) is 17.6. The molecule has 1 aliphatic heterocycles. The fourth-order valence-electron chi connectivity index (χ4n) is 4.19. The van der Waals surface area contributed by atoms with Crippen LogP contribution in [0.1, 0.15) is 0 Å². The summed E-state index contributed by atoms with van der Waals surface area (Å²) in [6.45, 7) is -0.132. The maximum atomic E-state index is 10.2. The molecule has 0 bridgehead atoms. The van der Waals surface area contributed by atoms with Crippen molar-refractivity contribution in [1.29, 1.82) is 0 Å². The van der Waals surface area contributed by atoms with Gasteiger partial charge in [0.25, 0.3) is 6.01 Å². The van der Waals surface area contributed by atoms with Gasteiger partial charge in [-0.15, -0.1) is 0 Å². The molecule has 4 heterocycles. The lowest BCUT2D eigenvalue weighted by Crippen LogP contribution is -2.36. The number of ether oxygens (including phenoxy) is 2. The van der Waals surface area contributed by atoms with Crippen molar-refractivity contribution in [3.63, 3.8) is 0 Å². The molecule has 3 aromatic heterocycles. The molecule has 182 valence electrons. The first-order valence-corrected chi connectivity index (χ1v) is 11.7. The van der Waals surface area contributed by atoms with Gasteiger partial charge in [0.2, 0.25) is 0 Å². The van der Waals surface area contributed by atoms with Crippen LogP contribution in [-0.4, -0.2) is 71.5 Å². The van der Waals surface area contributed by atoms with E-state index in [0.29, 0.717) is 21.9 Å². The zero-order valence-electron chi connectivity index (χ0n) is 18.8. The Hall–Kier alpha value is -3.83. The van der Waals surface area contributed by atoms with Gasteiger partial charge in [0.1, 0.15) is 24.9 Å². The molecular weight excluding hydrogens is 484 g/mol. The molecule has 3 atom stereocenters. The summed E-state index contributed by atoms with van der Waals surface area (Å²) in [7, 11) is 0. The number of halogens is 1. The molecule has 1 aliphatic rings. The summed E-state index contributed by atoms with van der Waals surface area (Å²) in [6, 6.07) is 17.9. The van der Waals surface area contributed by atoms with Gasteiger partial charge in [-0.3, -0.25) is 0 Å². The standard InChI is InChI=1S/C25H21ClN6O4/c26-18-9-19-24(31-25(29-19)36-21-11-35-20(10-33)23(21)34)30-22(18)16-3-1-14(2-4-16)15-5-7-17(8-6-15)32-13-27-12-28-32/h1-9,12-13,20-21,23,33-34H,10-11H2,(H,29,30,31). The lowest BCUT2D eigenvalue weighted by atomic mass is 10.0. The predicted molar refractivity (Wildman–Crippen MR) is 132 cm³/mol. The van der Waals surface area contributed by atoms with Gasteiger partial charge in [-0.1, -0.05) is 48.0 Å². The van der Waals surface area contributed by atoms with Crippen LogP contribution in [0.3, 0.4) is 0 Å². The summed E-state index contributed by atoms with van der Waals surface area (Å²) in [4.78, 5) is 16.0. The minimum atomic E-state index is -0.951. The Morgan fingerprint density at radius 1 is 1.06 bits per heavy atom. The zero-order chi connectivity index (χ0) is 24.6. The Morgan fingerprint density at radius 2 is 1.78 bits per heavy atom. The van der Waals surface area contributed by atoms with Gasteiger partial charge in [0.05, 0.1) is 35.1 Å². The Labute approximate surface area is 210 Å². The zero-order valence-corrected chi connectivity index (χ0v) is 19.6. The van der Waals surface area contributed by atoms with Gasteiger partial charge >= 0.3 is 0 Å². The van der Waals surface area contributed by atoms with Gasteiger partial charge < -0.3 is 24.7 Å². The lowest BCUT2D eigenvalue weighted by Gasteiger charge is -2.15. The SMILES string of the molecule is OCC1OCC(Oc2nc3nc(-c4ccc(-c5ccc(-n6cncn6)cc5)cc4)c(Cl)cc3[nH]2)C1O. The van der Waals surface area contributed by atoms with E-state index in [4.69, 9.17) is 21.1 Å². The normalized spacial score (nSPS) is 19.7. The second-order valence-corrected chi connectivity index (χ2v) is 8.80. The number of H-pyrrole nitrogens is 1. The maximum Gasteiger partial charge on any atom is 0.296 e. The summed E-state index contributed by atoms with van der Waals surface area (Å²) < 4.78 is 12.8. The number of aliphatic hydroxyl groups is 2. The van der Waals surface area contributed by atoms with Crippen LogP contribution in [0.5, 0.6) is 6.01 Å². The largest absolute Gasteiger partial charge is 0.456 e. The van der Waals surface area contributed by atoms with Gasteiger partial charge in [0, 0.05) is 5.56 Å². The molecule has 3 N–H and O–H groups in total. The van der Waals surface area contributed by atoms with Gasteiger partial charge in [-0.2, -0.15) is 10.1 Å². The maximum absolute atomic E-state index is 10.2. The number of nitrogens with zero attached hydrogens (tertiary/aromatic N) is 5. The minimum absolute atomic E-state index is 0.151. The van der Waals surface area contributed by atoms with Crippen molar-refractivity contribution in [3.05, 3.63) is 72.3 Å². The number of nitrogens with one attached hydrogen (secondary N) is 1. The van der Waals surface area contributed by atoms with Crippen LogP contribution in [0.2, 0.25) is 5.02 Å². The summed E-state index contributed by atoms with van der Waals surface area (Å²) in [5, 5.41) is 24.0. The third kappa shape index (κ3) is 4.20. The molecule has 0 amide bonds. The number of hydrogen-bond donors (Lipinski definition) is 3. The molecule has 0 aliphatic carbocycles. The molecule has 0 saturated carbocycles. The molecule has 2 aromatic carbocycles. The van der Waals surface area contributed by atoms with Gasteiger partial charge in [-0.25, -0.2) is 14.6 Å². The predicted octanol–water partition coefficient (Wildman–Crippen LogP) is 3.03. The number of fused-ring (bicyclic) bond motifs is 1. The van der Waals surface area contributed by atoms with Crippen molar-refractivity contribution in [1.82, 2.24) is 29.7 Å². The average Bonchev–Trinajstić information content (AvgIpc) is 3.65. The monoisotopic (exact) mass is 504 g/mol. The Balaban J connectivity index is 1.22. The van der Waals surface area contributed by atoms with Crippen LogP contribution in [-0.2, 0) is 4.74 Å². The first-order valence-electron chi connectivity index (χ1n) is 11.3. The highest BCUT2D eigenvalue weighted by atomic mass is 35.5. The van der Waals surface area contributed by atoms with Crippen LogP contribution in [0.4, 0.5) is 0 Å². The second-order valence-electron chi connectivity index (χ2n) is 8.40. The van der Waals surface area contributed by atoms with E-state index in [2.05, 4.69) is 25.0 Å². The highest BCUT2D eigenvalue weighted by molar-refractivity contribution is 6.33. The van der Waals surface area contributed by atoms with E-state index in [-0.39, 0.29) is 19.2 Å². The van der Waals surface area contributed by atoms with Crippen molar-refractivity contribution in [2.75, 3.05) is 13.2 Å². The lowest BCUT2D eigenvalue weighted by molar-refractivity contribution is -0.00390. The number of hydrogen-bond acceptors (Lipinski definition) is 8. The van der Waals surface area contributed by atoms with Crippen molar-refractivity contribution < 1.29 is 19.7 Å². The van der Waals surface area contributed by atoms with Crippen LogP contribution in [0.15, 0.2) is 67.3 Å². The summed E-state index contributed by atoms with van der Waals surface area (Å²) in [5.41, 5.74) is 5.54. The van der Waals surface area contributed by atoms with Crippen molar-refractivity contribution in [3.8, 4) is 34.1 Å². The molecule has 10 nitrogen and oxygen atoms in total. The quantitative estimate of drug-likeness (QED) is 0.321. The van der Waals surface area contributed by atoms with E-state index >= 15 is 0 Å². The first kappa shape index (κ1) is 22.6. The Morgan fingerprint density at radius 3 is 2.44 bits per heavy atom. The van der Waals surface area contributed by atoms with Gasteiger partial charge in [-0.05, 0) is 29.3 Å². The molecule has 36 heavy (non-hydrogen) atoms. The summed E-state index contributed by atoms with van der Waals surface area (Å²) in [5.74, 6) is 0. The Bertz CT molecular complexity index is 1490. The molecule has 6 rings (SSSR count). The molecule has 0 spiro atoms. The van der Waals surface area contributed by atoms with E-state index in [1.807, 2.05) is 48.5 Å². The second kappa shape index (κ2) is 9.32. The number of aliphatic hydroxyl groups excluding tert-OH is 2. The van der Waals surface area contributed by atoms with Crippen molar-refractivity contribution >= 4 is 22.8 Å². The molecule has 5 aromatic rings. The number of aromatic amines is 1. The molecule has 3 unspecified atom stereocenters. The van der Waals surface area contributed by atoms with Crippen molar-refractivity contribution in [2.45, 2.75) is 18.3 Å². The topological polar surface area (TPSA) is 131 Å². The minimum Gasteiger partial charge on any atom is -0.456 e. The van der Waals surface area contributed by atoms with E-state index in [1.54, 1.807) is 17.1 Å². The van der Waals surface area contributed by atoms with Gasteiger partial charge in [0.15, 0.2) is 11.8 Å². The fourth-order valence-corrected chi connectivity index (χ4v) is 4.45. The smallest absolute Gasteiger partial charge is 0.296 e. The fraction of sp³-hybridized carbons (Fsp3) is 0.200. The highest BCUT2D eigenvalue weighted by Gasteiger charge is 2.37. The van der Waals surface area contributed by atoms with E-state index in [1.165, 1.54) is 6.33 Å². The van der Waals surface area contributed by atoms with Crippen LogP contribution >= 0.6 is 11.6 Å². The summed E-state index contributed by atoms with van der Waals surface area (Å²) >= 11 is 6.55. The number of pyridine rings is 1. The summed E-state index contributed by atoms with van der Waals surface area (Å²) in [6.07, 6.45) is 0.892. The Kier molecular flexibility index (Phi) is 5.86. The number of aromatic nitrogens is 6. The van der Waals surface area contributed by atoms with Crippen LogP contribution in [0.25, 0.3) is 39.2 Å². The molecule has 1 fully saturated rings. The van der Waals surface area contributed by atoms with E-state index in [9.17, 15) is 10.2 Å². The molecule has 11 heteroatoms. The third-order valence-corrected chi connectivity index (χ3v) is 6.41. The van der Waals surface area contributed by atoms with E-state index in [0.717, 1.165) is 22.4 Å². The van der Waals surface area contributed by atoms with Crippen LogP contribution in [0, 0.1) is 0 Å². The highest BCUT2D eigenvalue weighted by Crippen LogP contribution is 2.32. The van der Waals surface area contributed by atoms with E-state index < -0.39 is 18.3 Å². The number of rotatable bonds is 6.